The molecule has 24 heavy (non-hydrogen) atoms. The number of carbonyl (C=O) groups is 1. The molecule has 1 fully saturated rings. The lowest BCUT2D eigenvalue weighted by molar-refractivity contribution is 0.0488. The molecule has 1 heterocycles. The third-order valence-electron chi connectivity index (χ3n) is 3.77. The second-order valence-corrected chi connectivity index (χ2v) is 7.29. The molecule has 0 aliphatic heterocycles. The molecule has 130 valence electrons. The number of halogens is 1. The predicted molar refractivity (Wildman–Crippen MR) is 93.0 cm³/mol. The fourth-order valence-electron chi connectivity index (χ4n) is 2.72. The average molecular weight is 351 g/mol. The average Bonchev–Trinajstić information content (AvgIpc) is 2.47. The van der Waals surface area contributed by atoms with Crippen LogP contribution < -0.4 is 10.6 Å². The first-order chi connectivity index (χ1) is 11.3. The largest absolute Gasteiger partial charge is 0.444 e. The molecule has 6 nitrogen and oxygen atoms in total. The Labute approximate surface area is 147 Å². The number of aromatic nitrogens is 1. The van der Waals surface area contributed by atoms with Gasteiger partial charge in [0.25, 0.3) is 0 Å². The van der Waals surface area contributed by atoms with Crippen LogP contribution >= 0.6 is 11.6 Å². The number of pyridine rings is 1. The molecule has 0 spiro atoms. The van der Waals surface area contributed by atoms with Crippen molar-refractivity contribution in [1.82, 2.24) is 10.3 Å². The van der Waals surface area contributed by atoms with Crippen LogP contribution in [-0.4, -0.2) is 28.8 Å². The molecule has 0 aromatic carbocycles. The number of alkyl carbamates (subject to hydrolysis) is 1. The standard InChI is InChI=1S/C17H23ClN4O2/c1-17(2,3)24-16(23)21-13-7-5-4-6-12(13)20-14-9-8-11(10-19)15(18)22-14/h8-9,12-13H,4-7H2,1-3H3,(H,20,22)(H,21,23)/t12-,13+/m1/s1. The lowest BCUT2D eigenvalue weighted by Gasteiger charge is -2.33. The van der Waals surface area contributed by atoms with Gasteiger partial charge in [-0.15, -0.1) is 0 Å². The van der Waals surface area contributed by atoms with Crippen molar-refractivity contribution >= 4 is 23.5 Å². The summed E-state index contributed by atoms with van der Waals surface area (Å²) in [5.41, 5.74) is -0.182. The molecule has 7 heteroatoms. The van der Waals surface area contributed by atoms with Crippen molar-refractivity contribution in [2.75, 3.05) is 5.32 Å². The molecule has 1 saturated carbocycles. The van der Waals surface area contributed by atoms with Crippen LogP contribution in [0.2, 0.25) is 5.15 Å². The van der Waals surface area contributed by atoms with E-state index in [1.54, 1.807) is 12.1 Å². The molecule has 0 unspecified atom stereocenters. The Bertz CT molecular complexity index is 636. The summed E-state index contributed by atoms with van der Waals surface area (Å²) in [6.45, 7) is 5.52. The number of amides is 1. The summed E-state index contributed by atoms with van der Waals surface area (Å²) in [5, 5.41) is 15.3. The molecule has 1 aliphatic carbocycles. The lowest BCUT2D eigenvalue weighted by atomic mass is 9.90. The highest BCUT2D eigenvalue weighted by Crippen LogP contribution is 2.23. The molecule has 2 atom stereocenters. The molecule has 1 aromatic heterocycles. The monoisotopic (exact) mass is 350 g/mol. The van der Waals surface area contributed by atoms with Gasteiger partial charge in [-0.05, 0) is 45.7 Å². The number of anilines is 1. The van der Waals surface area contributed by atoms with E-state index < -0.39 is 11.7 Å². The SMILES string of the molecule is CC(C)(C)OC(=O)N[C@H]1CCCC[C@H]1Nc1ccc(C#N)c(Cl)n1. The summed E-state index contributed by atoms with van der Waals surface area (Å²) in [5.74, 6) is 0.599. The molecule has 1 amide bonds. The molecule has 1 aromatic rings. The highest BCUT2D eigenvalue weighted by atomic mass is 35.5. The quantitative estimate of drug-likeness (QED) is 0.808. The van der Waals surface area contributed by atoms with E-state index in [4.69, 9.17) is 21.6 Å². The van der Waals surface area contributed by atoms with E-state index >= 15 is 0 Å². The Kier molecular flexibility index (Phi) is 5.89. The van der Waals surface area contributed by atoms with Gasteiger partial charge in [0.2, 0.25) is 0 Å². The summed E-state index contributed by atoms with van der Waals surface area (Å²) in [7, 11) is 0. The first-order valence-electron chi connectivity index (χ1n) is 8.11. The van der Waals surface area contributed by atoms with E-state index in [9.17, 15) is 4.79 Å². The summed E-state index contributed by atoms with van der Waals surface area (Å²) in [4.78, 5) is 16.2. The number of ether oxygens (including phenoxy) is 1. The van der Waals surface area contributed by atoms with E-state index in [0.29, 0.717) is 11.4 Å². The van der Waals surface area contributed by atoms with Crippen LogP contribution in [0.5, 0.6) is 0 Å². The van der Waals surface area contributed by atoms with Gasteiger partial charge in [-0.2, -0.15) is 5.26 Å². The van der Waals surface area contributed by atoms with E-state index in [0.717, 1.165) is 25.7 Å². The van der Waals surface area contributed by atoms with Gasteiger partial charge in [0.15, 0.2) is 0 Å². The van der Waals surface area contributed by atoms with Crippen LogP contribution in [0.3, 0.4) is 0 Å². The van der Waals surface area contributed by atoms with E-state index in [2.05, 4.69) is 15.6 Å². The van der Waals surface area contributed by atoms with Gasteiger partial charge in [0.05, 0.1) is 11.6 Å². The number of hydrogen-bond donors (Lipinski definition) is 2. The van der Waals surface area contributed by atoms with Crippen molar-refractivity contribution in [3.05, 3.63) is 22.8 Å². The highest BCUT2D eigenvalue weighted by molar-refractivity contribution is 6.30. The zero-order valence-corrected chi connectivity index (χ0v) is 15.0. The second-order valence-electron chi connectivity index (χ2n) is 6.93. The zero-order chi connectivity index (χ0) is 17.7. The molecule has 2 N–H and O–H groups in total. The Morgan fingerprint density at radius 1 is 1.33 bits per heavy atom. The summed E-state index contributed by atoms with van der Waals surface area (Å²) >= 11 is 5.98. The Morgan fingerprint density at radius 3 is 2.58 bits per heavy atom. The Balaban J connectivity index is 2.03. The minimum absolute atomic E-state index is 0.0372. The maximum absolute atomic E-state index is 12.0. The van der Waals surface area contributed by atoms with Gasteiger partial charge in [-0.25, -0.2) is 9.78 Å². The number of carbonyl (C=O) groups excluding carboxylic acids is 1. The molecule has 0 bridgehead atoms. The molecule has 0 radical (unpaired) electrons. The number of rotatable bonds is 3. The molecule has 1 aliphatic rings. The van der Waals surface area contributed by atoms with Crippen molar-refractivity contribution in [2.45, 2.75) is 64.1 Å². The van der Waals surface area contributed by atoms with Crippen LogP contribution in [-0.2, 0) is 4.74 Å². The van der Waals surface area contributed by atoms with Gasteiger partial charge in [0.1, 0.15) is 22.6 Å². The fourth-order valence-corrected chi connectivity index (χ4v) is 2.92. The van der Waals surface area contributed by atoms with Crippen molar-refractivity contribution in [2.24, 2.45) is 0 Å². The maximum atomic E-state index is 12.0. The van der Waals surface area contributed by atoms with Gasteiger partial charge >= 0.3 is 6.09 Å². The van der Waals surface area contributed by atoms with Crippen LogP contribution in [0.1, 0.15) is 52.0 Å². The minimum Gasteiger partial charge on any atom is -0.444 e. The number of hydrogen-bond acceptors (Lipinski definition) is 5. The van der Waals surface area contributed by atoms with Crippen LogP contribution in [0.15, 0.2) is 12.1 Å². The van der Waals surface area contributed by atoms with Crippen molar-refractivity contribution in [3.8, 4) is 6.07 Å². The van der Waals surface area contributed by atoms with Crippen molar-refractivity contribution in [3.63, 3.8) is 0 Å². The minimum atomic E-state index is -0.524. The fraction of sp³-hybridized carbons (Fsp3) is 0.588. The van der Waals surface area contributed by atoms with Gasteiger partial charge in [-0.3, -0.25) is 0 Å². The first kappa shape index (κ1) is 18.3. The van der Waals surface area contributed by atoms with E-state index in [1.807, 2.05) is 26.8 Å². The van der Waals surface area contributed by atoms with Crippen molar-refractivity contribution in [1.29, 1.82) is 5.26 Å². The van der Waals surface area contributed by atoms with Gasteiger partial charge in [-0.1, -0.05) is 24.4 Å². The number of nitriles is 1. The number of nitrogens with zero attached hydrogens (tertiary/aromatic N) is 2. The van der Waals surface area contributed by atoms with Gasteiger partial charge in [0, 0.05) is 6.04 Å². The normalized spacial score (nSPS) is 20.8. The van der Waals surface area contributed by atoms with Crippen molar-refractivity contribution < 1.29 is 9.53 Å². The smallest absolute Gasteiger partial charge is 0.407 e. The van der Waals surface area contributed by atoms with Gasteiger partial charge < -0.3 is 15.4 Å². The molecular weight excluding hydrogens is 328 g/mol. The zero-order valence-electron chi connectivity index (χ0n) is 14.2. The third kappa shape index (κ3) is 5.27. The predicted octanol–water partition coefficient (Wildman–Crippen LogP) is 3.85. The van der Waals surface area contributed by atoms with E-state index in [-0.39, 0.29) is 17.2 Å². The molecule has 0 saturated heterocycles. The lowest BCUT2D eigenvalue weighted by Crippen LogP contribution is -2.49. The summed E-state index contributed by atoms with van der Waals surface area (Å²) in [6, 6.07) is 5.36. The topological polar surface area (TPSA) is 87.0 Å². The van der Waals surface area contributed by atoms with Crippen LogP contribution in [0.25, 0.3) is 0 Å². The van der Waals surface area contributed by atoms with E-state index in [1.165, 1.54) is 0 Å². The second kappa shape index (κ2) is 7.71. The summed E-state index contributed by atoms with van der Waals surface area (Å²) in [6.07, 6.45) is 3.52. The molecular formula is C17H23ClN4O2. The maximum Gasteiger partial charge on any atom is 0.407 e. The third-order valence-corrected chi connectivity index (χ3v) is 4.06. The highest BCUT2D eigenvalue weighted by Gasteiger charge is 2.28. The Morgan fingerprint density at radius 2 is 2.00 bits per heavy atom. The summed E-state index contributed by atoms with van der Waals surface area (Å²) < 4.78 is 5.34. The van der Waals surface area contributed by atoms with Crippen LogP contribution in [0, 0.1) is 11.3 Å². The molecule has 2 rings (SSSR count). The number of nitrogens with one attached hydrogen (secondary N) is 2. The Hall–Kier alpha value is -2.00. The van der Waals surface area contributed by atoms with Crippen LogP contribution in [0.4, 0.5) is 10.6 Å². The first-order valence-corrected chi connectivity index (χ1v) is 8.49.